The van der Waals surface area contributed by atoms with Crippen LogP contribution in [0.1, 0.15) is 39.5 Å². The fourth-order valence-electron chi connectivity index (χ4n) is 1.73. The lowest BCUT2D eigenvalue weighted by Gasteiger charge is -2.29. The number of aliphatic hydroxyl groups is 1. The molecule has 0 aliphatic heterocycles. The molecule has 0 unspecified atom stereocenters. The summed E-state index contributed by atoms with van der Waals surface area (Å²) in [5, 5.41) is 21.0. The summed E-state index contributed by atoms with van der Waals surface area (Å²) in [5.74, 6) is -0.172. The first-order chi connectivity index (χ1) is 7.58. The van der Waals surface area contributed by atoms with Gasteiger partial charge in [0.2, 0.25) is 5.91 Å². The molecule has 0 bridgehead atoms. The lowest BCUT2D eigenvalue weighted by atomic mass is 9.83. The zero-order valence-electron chi connectivity index (χ0n) is 10.0. The first-order valence-corrected chi connectivity index (χ1v) is 5.88. The van der Waals surface area contributed by atoms with E-state index in [1.807, 2.05) is 13.8 Å². The molecular formula is C12H20N2O2. The normalized spacial score (nSPS) is 17.6. The summed E-state index contributed by atoms with van der Waals surface area (Å²) in [7, 11) is 0. The van der Waals surface area contributed by atoms with Crippen LogP contribution >= 0.6 is 0 Å². The average molecular weight is 224 g/mol. The van der Waals surface area contributed by atoms with E-state index in [0.29, 0.717) is 19.4 Å². The van der Waals surface area contributed by atoms with Crippen LogP contribution in [0.5, 0.6) is 0 Å². The van der Waals surface area contributed by atoms with E-state index >= 15 is 0 Å². The van der Waals surface area contributed by atoms with Gasteiger partial charge in [0, 0.05) is 12.0 Å². The van der Waals surface area contributed by atoms with Gasteiger partial charge in [0.25, 0.3) is 0 Å². The van der Waals surface area contributed by atoms with Crippen molar-refractivity contribution < 1.29 is 9.90 Å². The molecule has 90 valence electrons. The highest BCUT2D eigenvalue weighted by Crippen LogP contribution is 2.45. The average Bonchev–Trinajstić information content (AvgIpc) is 3.12. The van der Waals surface area contributed by atoms with Gasteiger partial charge in [0.1, 0.15) is 5.41 Å². The predicted octanol–water partition coefficient (Wildman–Crippen LogP) is 1.21. The Bertz CT molecular complexity index is 290. The minimum Gasteiger partial charge on any atom is -0.396 e. The zero-order valence-corrected chi connectivity index (χ0v) is 10.0. The van der Waals surface area contributed by atoms with Gasteiger partial charge in [-0.3, -0.25) is 4.79 Å². The van der Waals surface area contributed by atoms with Gasteiger partial charge in [-0.1, -0.05) is 13.8 Å². The lowest BCUT2D eigenvalue weighted by Crippen LogP contribution is -2.42. The van der Waals surface area contributed by atoms with Crippen LogP contribution in [0.3, 0.4) is 0 Å². The van der Waals surface area contributed by atoms with Crippen molar-refractivity contribution >= 4 is 5.91 Å². The Morgan fingerprint density at radius 1 is 1.50 bits per heavy atom. The van der Waals surface area contributed by atoms with Crippen LogP contribution < -0.4 is 5.32 Å². The summed E-state index contributed by atoms with van der Waals surface area (Å²) in [6, 6.07) is 2.07. The van der Waals surface area contributed by atoms with Gasteiger partial charge < -0.3 is 10.4 Å². The highest BCUT2D eigenvalue weighted by Gasteiger charge is 2.50. The van der Waals surface area contributed by atoms with Crippen molar-refractivity contribution in [3.63, 3.8) is 0 Å². The van der Waals surface area contributed by atoms with Crippen LogP contribution in [0.25, 0.3) is 0 Å². The number of hydrogen-bond donors (Lipinski definition) is 2. The Kier molecular flexibility index (Phi) is 3.93. The molecule has 0 saturated heterocycles. The summed E-state index contributed by atoms with van der Waals surface area (Å²) < 4.78 is 0. The van der Waals surface area contributed by atoms with Crippen molar-refractivity contribution in [1.29, 1.82) is 5.26 Å². The predicted molar refractivity (Wildman–Crippen MR) is 60.4 cm³/mol. The molecule has 0 spiro atoms. The van der Waals surface area contributed by atoms with E-state index in [0.717, 1.165) is 12.8 Å². The Hall–Kier alpha value is -1.08. The molecule has 4 nitrogen and oxygen atoms in total. The summed E-state index contributed by atoms with van der Waals surface area (Å²) in [6.07, 6.45) is 2.97. The number of carbonyl (C=O) groups excluding carboxylic acids is 1. The third kappa shape index (κ3) is 2.35. The first-order valence-electron chi connectivity index (χ1n) is 5.88. The van der Waals surface area contributed by atoms with E-state index in [1.165, 1.54) is 0 Å². The van der Waals surface area contributed by atoms with E-state index in [-0.39, 0.29) is 17.9 Å². The van der Waals surface area contributed by atoms with Crippen molar-refractivity contribution in [2.45, 2.75) is 39.5 Å². The summed E-state index contributed by atoms with van der Waals surface area (Å²) in [6.45, 7) is 4.53. The minimum absolute atomic E-state index is 0.0693. The molecule has 2 N–H and O–H groups in total. The monoisotopic (exact) mass is 224 g/mol. The Morgan fingerprint density at radius 2 is 2.06 bits per heavy atom. The van der Waals surface area contributed by atoms with E-state index in [9.17, 15) is 9.90 Å². The highest BCUT2D eigenvalue weighted by molar-refractivity contribution is 5.88. The van der Waals surface area contributed by atoms with E-state index in [1.54, 1.807) is 0 Å². The standard InChI is InChI=1S/C12H20N2O2/c1-3-11(4-2,9-15)8-14-10(16)12(7-13)5-6-12/h15H,3-6,8-9H2,1-2H3,(H,14,16). The number of nitrogens with zero attached hydrogens (tertiary/aromatic N) is 1. The maximum Gasteiger partial charge on any atom is 0.240 e. The smallest absolute Gasteiger partial charge is 0.240 e. The van der Waals surface area contributed by atoms with Crippen molar-refractivity contribution in [3.05, 3.63) is 0 Å². The number of hydrogen-bond acceptors (Lipinski definition) is 3. The Balaban J connectivity index is 2.51. The van der Waals surface area contributed by atoms with Crippen molar-refractivity contribution in [2.75, 3.05) is 13.2 Å². The lowest BCUT2D eigenvalue weighted by molar-refractivity contribution is -0.125. The number of amides is 1. The second kappa shape index (κ2) is 4.84. The van der Waals surface area contributed by atoms with Gasteiger partial charge in [0.05, 0.1) is 12.7 Å². The van der Waals surface area contributed by atoms with Gasteiger partial charge >= 0.3 is 0 Å². The van der Waals surface area contributed by atoms with Crippen LogP contribution in [0.4, 0.5) is 0 Å². The number of carbonyl (C=O) groups is 1. The fraction of sp³-hybridized carbons (Fsp3) is 0.833. The van der Waals surface area contributed by atoms with Gasteiger partial charge in [-0.15, -0.1) is 0 Å². The Morgan fingerprint density at radius 3 is 2.38 bits per heavy atom. The zero-order chi connectivity index (χ0) is 12.2. The molecule has 1 aliphatic carbocycles. The molecule has 0 aromatic carbocycles. The molecule has 1 saturated carbocycles. The summed E-state index contributed by atoms with van der Waals surface area (Å²) >= 11 is 0. The summed E-state index contributed by atoms with van der Waals surface area (Å²) in [4.78, 5) is 11.7. The quantitative estimate of drug-likeness (QED) is 0.712. The van der Waals surface area contributed by atoms with E-state index in [2.05, 4.69) is 11.4 Å². The summed E-state index contributed by atoms with van der Waals surface area (Å²) in [5.41, 5.74) is -0.996. The SMILES string of the molecule is CCC(CC)(CO)CNC(=O)C1(C#N)CC1. The van der Waals surface area contributed by atoms with Crippen LogP contribution in [0, 0.1) is 22.2 Å². The molecule has 1 fully saturated rings. The van der Waals surface area contributed by atoms with Crippen molar-refractivity contribution in [2.24, 2.45) is 10.8 Å². The molecule has 0 atom stereocenters. The number of nitrogens with one attached hydrogen (secondary N) is 1. The molecular weight excluding hydrogens is 204 g/mol. The first kappa shape index (κ1) is 13.0. The molecule has 0 aromatic heterocycles. The van der Waals surface area contributed by atoms with Gasteiger partial charge in [-0.2, -0.15) is 5.26 Å². The maximum atomic E-state index is 11.7. The van der Waals surface area contributed by atoms with Gasteiger partial charge in [0.15, 0.2) is 0 Å². The number of rotatable bonds is 6. The largest absolute Gasteiger partial charge is 0.396 e. The molecule has 16 heavy (non-hydrogen) atoms. The third-order valence-electron chi connectivity index (χ3n) is 3.86. The van der Waals surface area contributed by atoms with Crippen LogP contribution in [0.15, 0.2) is 0 Å². The topological polar surface area (TPSA) is 73.1 Å². The molecule has 4 heteroatoms. The Labute approximate surface area is 96.6 Å². The second-order valence-electron chi connectivity index (χ2n) is 4.74. The molecule has 1 aliphatic rings. The molecule has 1 amide bonds. The number of aliphatic hydroxyl groups excluding tert-OH is 1. The minimum atomic E-state index is -0.761. The van der Waals surface area contributed by atoms with Crippen LogP contribution in [-0.2, 0) is 4.79 Å². The molecule has 0 heterocycles. The van der Waals surface area contributed by atoms with Crippen molar-refractivity contribution in [3.8, 4) is 6.07 Å². The van der Waals surface area contributed by atoms with Crippen LogP contribution in [-0.4, -0.2) is 24.2 Å². The van der Waals surface area contributed by atoms with Crippen molar-refractivity contribution in [1.82, 2.24) is 5.32 Å². The third-order valence-corrected chi connectivity index (χ3v) is 3.86. The fourth-order valence-corrected chi connectivity index (χ4v) is 1.73. The molecule has 0 aromatic rings. The van der Waals surface area contributed by atoms with Gasteiger partial charge in [-0.05, 0) is 25.7 Å². The maximum absolute atomic E-state index is 11.7. The highest BCUT2D eigenvalue weighted by atomic mass is 16.3. The van der Waals surface area contributed by atoms with E-state index < -0.39 is 5.41 Å². The van der Waals surface area contributed by atoms with Crippen LogP contribution in [0.2, 0.25) is 0 Å². The van der Waals surface area contributed by atoms with Gasteiger partial charge in [-0.25, -0.2) is 0 Å². The number of nitriles is 1. The molecule has 1 rings (SSSR count). The molecule has 0 radical (unpaired) electrons. The van der Waals surface area contributed by atoms with E-state index in [4.69, 9.17) is 5.26 Å². The second-order valence-corrected chi connectivity index (χ2v) is 4.74.